The minimum atomic E-state index is -0.855. The van der Waals surface area contributed by atoms with Gasteiger partial charge in [0.25, 0.3) is 0 Å². The summed E-state index contributed by atoms with van der Waals surface area (Å²) < 4.78 is 18.7. The van der Waals surface area contributed by atoms with E-state index in [0.717, 1.165) is 5.56 Å². The predicted molar refractivity (Wildman–Crippen MR) is 77.9 cm³/mol. The van der Waals surface area contributed by atoms with Crippen molar-refractivity contribution in [2.24, 2.45) is 0 Å². The Morgan fingerprint density at radius 1 is 1.10 bits per heavy atom. The Labute approximate surface area is 123 Å². The number of carbonyl (C=O) groups is 1. The van der Waals surface area contributed by atoms with Crippen LogP contribution in [0.25, 0.3) is 0 Å². The fourth-order valence-corrected chi connectivity index (χ4v) is 2.15. The van der Waals surface area contributed by atoms with Crippen molar-refractivity contribution in [3.05, 3.63) is 66.0 Å². The molecule has 2 rings (SSSR count). The lowest BCUT2D eigenvalue weighted by molar-refractivity contribution is -0.139. The number of hydrogen-bond donors (Lipinski definition) is 1. The molecular weight excluding hydrogens is 271 g/mol. The lowest BCUT2D eigenvalue weighted by Gasteiger charge is -2.13. The van der Waals surface area contributed by atoms with Crippen LogP contribution in [-0.4, -0.2) is 17.7 Å². The molecule has 0 aromatic heterocycles. The molecule has 0 fully saturated rings. The summed E-state index contributed by atoms with van der Waals surface area (Å²) in [6.07, 6.45) is 0.994. The molecule has 2 aromatic rings. The van der Waals surface area contributed by atoms with E-state index in [0.29, 0.717) is 12.8 Å². The minimum absolute atomic E-state index is 0.198. The van der Waals surface area contributed by atoms with Gasteiger partial charge < -0.3 is 9.84 Å². The second-order valence-corrected chi connectivity index (χ2v) is 4.72. The summed E-state index contributed by atoms with van der Waals surface area (Å²) in [6, 6.07) is 15.3. The van der Waals surface area contributed by atoms with Crippen molar-refractivity contribution in [1.29, 1.82) is 0 Å². The third-order valence-electron chi connectivity index (χ3n) is 3.23. The van der Waals surface area contributed by atoms with E-state index in [9.17, 15) is 14.3 Å². The molecule has 2 aromatic carbocycles. The van der Waals surface area contributed by atoms with E-state index < -0.39 is 17.7 Å². The molecule has 0 heterocycles. The number of halogens is 1. The summed E-state index contributed by atoms with van der Waals surface area (Å²) in [5, 5.41) is 9.29. The van der Waals surface area contributed by atoms with Crippen LogP contribution in [-0.2, 0) is 4.79 Å². The first-order chi connectivity index (χ1) is 10.2. The topological polar surface area (TPSA) is 46.5 Å². The number of carboxylic acids is 1. The molecule has 1 N–H and O–H groups in total. The Hall–Kier alpha value is -2.36. The third-order valence-corrected chi connectivity index (χ3v) is 3.23. The number of para-hydroxylation sites is 1. The SMILES string of the molecule is O=C(O)C(CCCOc1ccccc1F)c1ccccc1. The zero-order valence-corrected chi connectivity index (χ0v) is 11.5. The number of hydrogen-bond acceptors (Lipinski definition) is 2. The molecule has 3 nitrogen and oxygen atoms in total. The zero-order chi connectivity index (χ0) is 15.1. The maximum atomic E-state index is 13.3. The molecule has 0 aliphatic rings. The van der Waals surface area contributed by atoms with Crippen molar-refractivity contribution in [2.45, 2.75) is 18.8 Å². The molecule has 0 saturated heterocycles. The molecule has 1 atom stereocenters. The Morgan fingerprint density at radius 2 is 1.76 bits per heavy atom. The average Bonchev–Trinajstić information content (AvgIpc) is 2.49. The van der Waals surface area contributed by atoms with Gasteiger partial charge in [-0.15, -0.1) is 0 Å². The number of carboxylic acid groups (broad SMARTS) is 1. The summed E-state index contributed by atoms with van der Waals surface area (Å²) in [5.74, 6) is -1.62. The molecule has 1 unspecified atom stereocenters. The fraction of sp³-hybridized carbons (Fsp3) is 0.235. The third kappa shape index (κ3) is 4.31. The van der Waals surface area contributed by atoms with E-state index in [1.54, 1.807) is 30.3 Å². The summed E-state index contributed by atoms with van der Waals surface area (Å²) in [6.45, 7) is 0.289. The van der Waals surface area contributed by atoms with Crippen LogP contribution in [0.4, 0.5) is 4.39 Å². The van der Waals surface area contributed by atoms with E-state index in [1.807, 2.05) is 18.2 Å². The highest BCUT2D eigenvalue weighted by molar-refractivity contribution is 5.75. The van der Waals surface area contributed by atoms with Gasteiger partial charge in [-0.05, 0) is 30.5 Å². The first-order valence-corrected chi connectivity index (χ1v) is 6.83. The van der Waals surface area contributed by atoms with E-state index in [2.05, 4.69) is 0 Å². The zero-order valence-electron chi connectivity index (χ0n) is 11.5. The van der Waals surface area contributed by atoms with Crippen molar-refractivity contribution >= 4 is 5.97 Å². The Kier molecular flexibility index (Phi) is 5.32. The summed E-state index contributed by atoms with van der Waals surface area (Å²) >= 11 is 0. The summed E-state index contributed by atoms with van der Waals surface area (Å²) in [7, 11) is 0. The lowest BCUT2D eigenvalue weighted by Crippen LogP contribution is -2.13. The molecule has 4 heteroatoms. The summed E-state index contributed by atoms with van der Waals surface area (Å²) in [4.78, 5) is 11.3. The van der Waals surface area contributed by atoms with Crippen LogP contribution in [0.1, 0.15) is 24.3 Å². The number of benzene rings is 2. The smallest absolute Gasteiger partial charge is 0.310 e. The van der Waals surface area contributed by atoms with E-state index in [1.165, 1.54) is 6.07 Å². The first-order valence-electron chi connectivity index (χ1n) is 6.83. The quantitative estimate of drug-likeness (QED) is 0.787. The average molecular weight is 288 g/mol. The van der Waals surface area contributed by atoms with Crippen molar-refractivity contribution in [3.8, 4) is 5.75 Å². The van der Waals surface area contributed by atoms with Gasteiger partial charge in [-0.2, -0.15) is 0 Å². The molecular formula is C17H17FO3. The van der Waals surface area contributed by atoms with Crippen molar-refractivity contribution in [1.82, 2.24) is 0 Å². The van der Waals surface area contributed by atoms with Crippen LogP contribution in [0, 0.1) is 5.82 Å². The van der Waals surface area contributed by atoms with Crippen LogP contribution in [0.15, 0.2) is 54.6 Å². The van der Waals surface area contributed by atoms with Gasteiger partial charge in [0.05, 0.1) is 12.5 Å². The highest BCUT2D eigenvalue weighted by Gasteiger charge is 2.19. The van der Waals surface area contributed by atoms with Crippen LogP contribution in [0.2, 0.25) is 0 Å². The fourth-order valence-electron chi connectivity index (χ4n) is 2.15. The maximum Gasteiger partial charge on any atom is 0.310 e. The van der Waals surface area contributed by atoms with Gasteiger partial charge in [0, 0.05) is 0 Å². The Bertz CT molecular complexity index is 584. The van der Waals surface area contributed by atoms with Crippen molar-refractivity contribution in [2.75, 3.05) is 6.61 Å². The van der Waals surface area contributed by atoms with Crippen molar-refractivity contribution in [3.63, 3.8) is 0 Å². The van der Waals surface area contributed by atoms with Gasteiger partial charge in [-0.3, -0.25) is 4.79 Å². The van der Waals surface area contributed by atoms with Gasteiger partial charge >= 0.3 is 5.97 Å². The highest BCUT2D eigenvalue weighted by atomic mass is 19.1. The number of ether oxygens (including phenoxy) is 1. The number of rotatable bonds is 7. The second kappa shape index (κ2) is 7.43. The van der Waals surface area contributed by atoms with Crippen LogP contribution < -0.4 is 4.74 Å². The van der Waals surface area contributed by atoms with Gasteiger partial charge in [-0.1, -0.05) is 42.5 Å². The molecule has 0 radical (unpaired) electrons. The minimum Gasteiger partial charge on any atom is -0.491 e. The van der Waals surface area contributed by atoms with Gasteiger partial charge in [0.15, 0.2) is 11.6 Å². The van der Waals surface area contributed by atoms with Crippen LogP contribution >= 0.6 is 0 Å². The molecule has 0 spiro atoms. The molecule has 0 saturated carbocycles. The van der Waals surface area contributed by atoms with E-state index in [4.69, 9.17) is 4.74 Å². The molecule has 0 bridgehead atoms. The summed E-state index contributed by atoms with van der Waals surface area (Å²) in [5.41, 5.74) is 0.774. The number of aliphatic carboxylic acids is 1. The molecule has 0 aliphatic heterocycles. The molecule has 0 amide bonds. The Morgan fingerprint density at radius 3 is 2.43 bits per heavy atom. The molecule has 21 heavy (non-hydrogen) atoms. The predicted octanol–water partition coefficient (Wildman–Crippen LogP) is 3.85. The highest BCUT2D eigenvalue weighted by Crippen LogP contribution is 2.22. The normalized spacial score (nSPS) is 11.9. The van der Waals surface area contributed by atoms with E-state index >= 15 is 0 Å². The first kappa shape index (κ1) is 15.0. The second-order valence-electron chi connectivity index (χ2n) is 4.72. The monoisotopic (exact) mass is 288 g/mol. The Balaban J connectivity index is 1.86. The van der Waals surface area contributed by atoms with Crippen LogP contribution in [0.3, 0.4) is 0 Å². The largest absolute Gasteiger partial charge is 0.491 e. The van der Waals surface area contributed by atoms with Crippen LogP contribution in [0.5, 0.6) is 5.75 Å². The van der Waals surface area contributed by atoms with E-state index in [-0.39, 0.29) is 12.4 Å². The maximum absolute atomic E-state index is 13.3. The standard InChI is InChI=1S/C17H17FO3/c18-15-10-4-5-11-16(15)21-12-6-9-14(17(19)20)13-7-2-1-3-8-13/h1-5,7-8,10-11,14H,6,9,12H2,(H,19,20). The van der Waals surface area contributed by atoms with Crippen molar-refractivity contribution < 1.29 is 19.0 Å². The van der Waals surface area contributed by atoms with Gasteiger partial charge in [0.2, 0.25) is 0 Å². The van der Waals surface area contributed by atoms with Gasteiger partial charge in [0.1, 0.15) is 0 Å². The molecule has 0 aliphatic carbocycles. The molecule has 110 valence electrons. The van der Waals surface area contributed by atoms with Gasteiger partial charge in [-0.25, -0.2) is 4.39 Å². The lowest BCUT2D eigenvalue weighted by atomic mass is 9.95.